The Morgan fingerprint density at radius 1 is 1.44 bits per heavy atom. The maximum absolute atomic E-state index is 13.7. The van der Waals surface area contributed by atoms with Crippen LogP contribution in [0.15, 0.2) is 18.2 Å². The van der Waals surface area contributed by atoms with Crippen LogP contribution in [0.25, 0.3) is 0 Å². The lowest BCUT2D eigenvalue weighted by molar-refractivity contribution is 0.398. The first-order valence-corrected chi connectivity index (χ1v) is 5.73. The zero-order valence-electron chi connectivity index (χ0n) is 10.2. The molecule has 2 nitrogen and oxygen atoms in total. The van der Waals surface area contributed by atoms with Gasteiger partial charge in [0.1, 0.15) is 11.6 Å². The molecule has 0 saturated carbocycles. The molecule has 1 aromatic rings. The molecule has 1 aromatic carbocycles. The molecule has 0 amide bonds. The average Bonchev–Trinajstić information content (AvgIpc) is 2.28. The molecule has 0 spiro atoms. The van der Waals surface area contributed by atoms with Crippen LogP contribution in [0.4, 0.5) is 4.39 Å². The van der Waals surface area contributed by atoms with Crippen molar-refractivity contribution in [1.29, 1.82) is 0 Å². The second-order valence-electron chi connectivity index (χ2n) is 3.96. The van der Waals surface area contributed by atoms with Gasteiger partial charge in [0, 0.05) is 18.0 Å². The van der Waals surface area contributed by atoms with Crippen molar-refractivity contribution >= 4 is 0 Å². The second kappa shape index (κ2) is 6.48. The zero-order valence-corrected chi connectivity index (χ0v) is 10.2. The first-order chi connectivity index (χ1) is 7.70. The zero-order chi connectivity index (χ0) is 12.0. The first kappa shape index (κ1) is 13.0. The second-order valence-corrected chi connectivity index (χ2v) is 3.96. The van der Waals surface area contributed by atoms with Crippen LogP contribution in [-0.4, -0.2) is 20.2 Å². The number of hydrogen-bond acceptors (Lipinski definition) is 2. The molecule has 0 radical (unpaired) electrons. The quantitative estimate of drug-likeness (QED) is 0.752. The lowest BCUT2D eigenvalue weighted by atomic mass is 9.99. The lowest BCUT2D eigenvalue weighted by Gasteiger charge is -2.16. The Morgan fingerprint density at radius 3 is 2.81 bits per heavy atom. The van der Waals surface area contributed by atoms with E-state index in [4.69, 9.17) is 4.74 Å². The third kappa shape index (κ3) is 3.20. The van der Waals surface area contributed by atoms with E-state index >= 15 is 0 Å². The van der Waals surface area contributed by atoms with E-state index in [0.29, 0.717) is 11.3 Å². The summed E-state index contributed by atoms with van der Waals surface area (Å²) in [6.45, 7) is 5.84. The Balaban J connectivity index is 2.76. The Hall–Kier alpha value is -1.09. The Bertz CT molecular complexity index is 328. The highest BCUT2D eigenvalue weighted by molar-refractivity contribution is 5.37. The van der Waals surface area contributed by atoms with E-state index in [-0.39, 0.29) is 11.7 Å². The van der Waals surface area contributed by atoms with Gasteiger partial charge in [-0.1, -0.05) is 19.9 Å². The molecule has 0 saturated heterocycles. The molecule has 1 unspecified atom stereocenters. The highest BCUT2D eigenvalue weighted by Gasteiger charge is 2.15. The van der Waals surface area contributed by atoms with Crippen LogP contribution in [0, 0.1) is 5.82 Å². The van der Waals surface area contributed by atoms with E-state index < -0.39 is 0 Å². The monoisotopic (exact) mass is 225 g/mol. The van der Waals surface area contributed by atoms with Crippen LogP contribution in [0.3, 0.4) is 0 Å². The standard InChI is InChI=1S/C13H20FNO/c1-4-8-15-9-10(2)13-11(14)6-5-7-12(13)16-3/h5-7,10,15H,4,8-9H2,1-3H3. The fourth-order valence-electron chi connectivity index (χ4n) is 1.77. The van der Waals surface area contributed by atoms with Crippen molar-refractivity contribution in [3.05, 3.63) is 29.6 Å². The molecule has 0 aliphatic heterocycles. The maximum atomic E-state index is 13.7. The van der Waals surface area contributed by atoms with Gasteiger partial charge >= 0.3 is 0 Å². The van der Waals surface area contributed by atoms with E-state index in [1.54, 1.807) is 19.2 Å². The Kier molecular flexibility index (Phi) is 5.26. The van der Waals surface area contributed by atoms with Crippen molar-refractivity contribution in [2.24, 2.45) is 0 Å². The smallest absolute Gasteiger partial charge is 0.130 e. The van der Waals surface area contributed by atoms with Crippen molar-refractivity contribution in [2.75, 3.05) is 20.2 Å². The summed E-state index contributed by atoms with van der Waals surface area (Å²) in [4.78, 5) is 0. The third-order valence-corrected chi connectivity index (χ3v) is 2.60. The van der Waals surface area contributed by atoms with Crippen LogP contribution in [-0.2, 0) is 0 Å². The van der Waals surface area contributed by atoms with Gasteiger partial charge in [0.25, 0.3) is 0 Å². The minimum absolute atomic E-state index is 0.114. The predicted octanol–water partition coefficient (Wildman–Crippen LogP) is 2.94. The summed E-state index contributed by atoms with van der Waals surface area (Å²) in [5.41, 5.74) is 0.661. The van der Waals surface area contributed by atoms with Crippen LogP contribution < -0.4 is 10.1 Å². The maximum Gasteiger partial charge on any atom is 0.130 e. The first-order valence-electron chi connectivity index (χ1n) is 5.73. The molecule has 0 aromatic heterocycles. The van der Waals surface area contributed by atoms with Crippen molar-refractivity contribution in [1.82, 2.24) is 5.32 Å². The normalized spacial score (nSPS) is 12.5. The van der Waals surface area contributed by atoms with Gasteiger partial charge in [0.05, 0.1) is 7.11 Å². The van der Waals surface area contributed by atoms with Gasteiger partial charge in [-0.25, -0.2) is 4.39 Å². The SMILES string of the molecule is CCCNCC(C)c1c(F)cccc1OC. The molecule has 1 N–H and O–H groups in total. The molecule has 1 rings (SSSR count). The van der Waals surface area contributed by atoms with Crippen LogP contribution in [0.1, 0.15) is 31.7 Å². The molecule has 0 fully saturated rings. The molecule has 0 aliphatic carbocycles. The molecule has 3 heteroatoms. The number of methoxy groups -OCH3 is 1. The number of halogens is 1. The van der Waals surface area contributed by atoms with E-state index in [1.165, 1.54) is 6.07 Å². The van der Waals surface area contributed by atoms with Gasteiger partial charge in [0.2, 0.25) is 0 Å². The summed E-state index contributed by atoms with van der Waals surface area (Å²) < 4.78 is 18.9. The highest BCUT2D eigenvalue weighted by atomic mass is 19.1. The molecular weight excluding hydrogens is 205 g/mol. The summed E-state index contributed by atoms with van der Waals surface area (Å²) in [6, 6.07) is 4.95. The molecule has 1 atom stereocenters. The van der Waals surface area contributed by atoms with Crippen LogP contribution in [0.5, 0.6) is 5.75 Å². The van der Waals surface area contributed by atoms with E-state index in [1.807, 2.05) is 6.92 Å². The number of rotatable bonds is 6. The summed E-state index contributed by atoms with van der Waals surface area (Å²) >= 11 is 0. The van der Waals surface area contributed by atoms with Crippen molar-refractivity contribution < 1.29 is 9.13 Å². The average molecular weight is 225 g/mol. The molecule has 0 aliphatic rings. The number of hydrogen-bond donors (Lipinski definition) is 1. The third-order valence-electron chi connectivity index (χ3n) is 2.60. The van der Waals surface area contributed by atoms with Gasteiger partial charge in [0.15, 0.2) is 0 Å². The summed E-state index contributed by atoms with van der Waals surface area (Å²) in [6.07, 6.45) is 1.08. The van der Waals surface area contributed by atoms with Gasteiger partial charge in [-0.3, -0.25) is 0 Å². The topological polar surface area (TPSA) is 21.3 Å². The molecule has 90 valence electrons. The fraction of sp³-hybridized carbons (Fsp3) is 0.538. The van der Waals surface area contributed by atoms with E-state index in [0.717, 1.165) is 19.5 Å². The summed E-state index contributed by atoms with van der Waals surface area (Å²) in [5, 5.41) is 3.29. The van der Waals surface area contributed by atoms with Crippen molar-refractivity contribution in [2.45, 2.75) is 26.2 Å². The van der Waals surface area contributed by atoms with Gasteiger partial charge < -0.3 is 10.1 Å². The summed E-state index contributed by atoms with van der Waals surface area (Å²) in [5.74, 6) is 0.554. The molecule has 16 heavy (non-hydrogen) atoms. The van der Waals surface area contributed by atoms with Gasteiger partial charge in [-0.05, 0) is 25.1 Å². The van der Waals surface area contributed by atoms with Gasteiger partial charge in [-0.15, -0.1) is 0 Å². The number of nitrogens with one attached hydrogen (secondary N) is 1. The fourth-order valence-corrected chi connectivity index (χ4v) is 1.77. The van der Waals surface area contributed by atoms with E-state index in [9.17, 15) is 4.39 Å². The van der Waals surface area contributed by atoms with Crippen molar-refractivity contribution in [3.8, 4) is 5.75 Å². The molecular formula is C13H20FNO. The minimum atomic E-state index is -0.190. The van der Waals surface area contributed by atoms with Gasteiger partial charge in [-0.2, -0.15) is 0 Å². The number of benzene rings is 1. The largest absolute Gasteiger partial charge is 0.496 e. The van der Waals surface area contributed by atoms with Crippen LogP contribution in [0.2, 0.25) is 0 Å². The Labute approximate surface area is 96.8 Å². The highest BCUT2D eigenvalue weighted by Crippen LogP contribution is 2.28. The molecule has 0 heterocycles. The summed E-state index contributed by atoms with van der Waals surface area (Å²) in [7, 11) is 1.57. The lowest BCUT2D eigenvalue weighted by Crippen LogP contribution is -2.21. The number of ether oxygens (including phenoxy) is 1. The minimum Gasteiger partial charge on any atom is -0.496 e. The molecule has 0 bridgehead atoms. The van der Waals surface area contributed by atoms with Crippen LogP contribution >= 0.6 is 0 Å². The Morgan fingerprint density at radius 2 is 2.19 bits per heavy atom. The van der Waals surface area contributed by atoms with E-state index in [2.05, 4.69) is 12.2 Å². The predicted molar refractivity (Wildman–Crippen MR) is 64.5 cm³/mol. The van der Waals surface area contributed by atoms with Crippen molar-refractivity contribution in [3.63, 3.8) is 0 Å².